The van der Waals surface area contributed by atoms with E-state index < -0.39 is 0 Å². The topological polar surface area (TPSA) is 55.4 Å². The van der Waals surface area contributed by atoms with Crippen LogP contribution < -0.4 is 10.1 Å². The van der Waals surface area contributed by atoms with Gasteiger partial charge in [-0.15, -0.1) is 0 Å². The van der Waals surface area contributed by atoms with Gasteiger partial charge in [-0.25, -0.2) is 0 Å². The van der Waals surface area contributed by atoms with E-state index in [0.717, 1.165) is 25.9 Å². The molecule has 0 radical (unpaired) electrons. The van der Waals surface area contributed by atoms with E-state index in [1.54, 1.807) is 24.3 Å². The molecule has 1 aromatic carbocycles. The summed E-state index contributed by atoms with van der Waals surface area (Å²) in [6.07, 6.45) is 1.59. The zero-order valence-corrected chi connectivity index (χ0v) is 10.4. The molecule has 0 spiro atoms. The molecule has 0 aliphatic carbocycles. The Morgan fingerprint density at radius 2 is 1.89 bits per heavy atom. The third-order valence-electron chi connectivity index (χ3n) is 3.15. The molecule has 0 aromatic heterocycles. The van der Waals surface area contributed by atoms with E-state index >= 15 is 0 Å². The van der Waals surface area contributed by atoms with Crippen molar-refractivity contribution in [3.63, 3.8) is 0 Å². The van der Waals surface area contributed by atoms with Gasteiger partial charge in [-0.3, -0.25) is 9.59 Å². The number of nitrogens with one attached hydrogen (secondary N) is 1. The molecular weight excluding hydrogens is 230 g/mol. The monoisotopic (exact) mass is 247 g/mol. The number of Topliss-reactive ketones (excluding diaryl/α,β-unsaturated/α-hetero) is 1. The molecule has 1 fully saturated rings. The van der Waals surface area contributed by atoms with Crippen LogP contribution in [0.5, 0.6) is 5.75 Å². The van der Waals surface area contributed by atoms with Crippen molar-refractivity contribution in [2.75, 3.05) is 13.1 Å². The molecule has 96 valence electrons. The Kier molecular flexibility index (Phi) is 4.10. The van der Waals surface area contributed by atoms with Crippen LogP contribution >= 0.6 is 0 Å². The minimum absolute atomic E-state index is 0.0636. The molecule has 0 atom stereocenters. The lowest BCUT2D eigenvalue weighted by Gasteiger charge is -2.21. The Balaban J connectivity index is 2.08. The maximum absolute atomic E-state index is 12.0. The number of piperidine rings is 1. The van der Waals surface area contributed by atoms with Gasteiger partial charge in [0.2, 0.25) is 0 Å². The van der Waals surface area contributed by atoms with Crippen LogP contribution in [0, 0.1) is 5.92 Å². The Bertz CT molecular complexity index is 450. The molecule has 0 amide bonds. The molecule has 4 nitrogen and oxygen atoms in total. The molecule has 1 heterocycles. The van der Waals surface area contributed by atoms with Gasteiger partial charge in [0.25, 0.3) is 0 Å². The van der Waals surface area contributed by atoms with Crippen molar-refractivity contribution in [2.24, 2.45) is 5.92 Å². The molecule has 1 N–H and O–H groups in total. The van der Waals surface area contributed by atoms with Crippen molar-refractivity contribution < 1.29 is 14.3 Å². The van der Waals surface area contributed by atoms with Crippen molar-refractivity contribution in [2.45, 2.75) is 19.8 Å². The number of ether oxygens (including phenoxy) is 1. The van der Waals surface area contributed by atoms with E-state index in [0.29, 0.717) is 11.3 Å². The summed E-state index contributed by atoms with van der Waals surface area (Å²) in [5.74, 6) is -0.0197. The van der Waals surface area contributed by atoms with E-state index in [1.807, 2.05) is 0 Å². The van der Waals surface area contributed by atoms with Crippen molar-refractivity contribution in [1.29, 1.82) is 0 Å². The van der Waals surface area contributed by atoms with Gasteiger partial charge in [-0.2, -0.15) is 0 Å². The molecule has 4 heteroatoms. The van der Waals surface area contributed by atoms with Gasteiger partial charge >= 0.3 is 5.97 Å². The summed E-state index contributed by atoms with van der Waals surface area (Å²) in [6.45, 7) is 3.15. The molecular formula is C14H17NO3. The van der Waals surface area contributed by atoms with Gasteiger partial charge in [0, 0.05) is 0 Å². The first-order chi connectivity index (χ1) is 8.68. The minimum atomic E-state index is -0.231. The Morgan fingerprint density at radius 1 is 1.22 bits per heavy atom. The highest BCUT2D eigenvalue weighted by Gasteiger charge is 2.23. The van der Waals surface area contributed by atoms with Crippen molar-refractivity contribution >= 4 is 11.8 Å². The Hall–Kier alpha value is -1.68. The van der Waals surface area contributed by atoms with Gasteiger partial charge in [0.05, 0.1) is 11.5 Å². The SMILES string of the molecule is CC(=O)c1ccccc1OC(=O)C1CCNCC1. The zero-order chi connectivity index (χ0) is 13.0. The second kappa shape index (κ2) is 5.78. The average Bonchev–Trinajstić information content (AvgIpc) is 2.40. The van der Waals surface area contributed by atoms with Crippen molar-refractivity contribution in [3.05, 3.63) is 29.8 Å². The lowest BCUT2D eigenvalue weighted by Crippen LogP contribution is -2.34. The summed E-state index contributed by atoms with van der Waals surface area (Å²) in [5, 5.41) is 3.20. The summed E-state index contributed by atoms with van der Waals surface area (Å²) in [4.78, 5) is 23.4. The van der Waals surface area contributed by atoms with E-state index in [1.165, 1.54) is 6.92 Å². The van der Waals surface area contributed by atoms with Gasteiger partial charge < -0.3 is 10.1 Å². The summed E-state index contributed by atoms with van der Waals surface area (Å²) in [6, 6.07) is 6.86. The van der Waals surface area contributed by atoms with Gasteiger partial charge in [0.15, 0.2) is 5.78 Å². The molecule has 0 unspecified atom stereocenters. The fraction of sp³-hybridized carbons (Fsp3) is 0.429. The number of carbonyl (C=O) groups excluding carboxylic acids is 2. The fourth-order valence-corrected chi connectivity index (χ4v) is 2.10. The standard InChI is InChI=1S/C14H17NO3/c1-10(16)12-4-2-3-5-13(12)18-14(17)11-6-8-15-9-7-11/h2-5,11,15H,6-9H2,1H3. The number of ketones is 1. The van der Waals surface area contributed by atoms with Gasteiger partial charge in [-0.05, 0) is 45.0 Å². The first-order valence-electron chi connectivity index (χ1n) is 6.21. The summed E-state index contributed by atoms with van der Waals surface area (Å²) < 4.78 is 5.36. The van der Waals surface area contributed by atoms with Crippen LogP contribution in [0.4, 0.5) is 0 Å². The second-order valence-corrected chi connectivity index (χ2v) is 4.50. The van der Waals surface area contributed by atoms with Crippen LogP contribution in [0.3, 0.4) is 0 Å². The van der Waals surface area contributed by atoms with Gasteiger partial charge in [-0.1, -0.05) is 12.1 Å². The van der Waals surface area contributed by atoms with Crippen LogP contribution in [-0.4, -0.2) is 24.8 Å². The van der Waals surface area contributed by atoms with Gasteiger partial charge in [0.1, 0.15) is 5.75 Å². The number of hydrogen-bond donors (Lipinski definition) is 1. The highest BCUT2D eigenvalue weighted by atomic mass is 16.5. The normalized spacial score (nSPS) is 16.3. The second-order valence-electron chi connectivity index (χ2n) is 4.50. The largest absolute Gasteiger partial charge is 0.426 e. The number of hydrogen-bond acceptors (Lipinski definition) is 4. The molecule has 0 bridgehead atoms. The quantitative estimate of drug-likeness (QED) is 0.502. The molecule has 1 aliphatic rings. The maximum atomic E-state index is 12.0. The Labute approximate surface area is 106 Å². The highest BCUT2D eigenvalue weighted by Crippen LogP contribution is 2.21. The first-order valence-corrected chi connectivity index (χ1v) is 6.21. The predicted molar refractivity (Wildman–Crippen MR) is 67.7 cm³/mol. The minimum Gasteiger partial charge on any atom is -0.426 e. The lowest BCUT2D eigenvalue weighted by atomic mass is 9.98. The Morgan fingerprint density at radius 3 is 2.56 bits per heavy atom. The summed E-state index contributed by atoms with van der Waals surface area (Å²) >= 11 is 0. The number of benzene rings is 1. The van der Waals surface area contributed by atoms with Crippen LogP contribution in [0.25, 0.3) is 0 Å². The van der Waals surface area contributed by atoms with E-state index in [9.17, 15) is 9.59 Å². The number of para-hydroxylation sites is 1. The molecule has 18 heavy (non-hydrogen) atoms. The third-order valence-corrected chi connectivity index (χ3v) is 3.15. The van der Waals surface area contributed by atoms with Crippen molar-refractivity contribution in [3.8, 4) is 5.75 Å². The fourth-order valence-electron chi connectivity index (χ4n) is 2.10. The molecule has 1 aliphatic heterocycles. The van der Waals surface area contributed by atoms with E-state index in [4.69, 9.17) is 4.74 Å². The molecule has 1 aromatic rings. The van der Waals surface area contributed by atoms with E-state index in [-0.39, 0.29) is 17.7 Å². The predicted octanol–water partition coefficient (Wildman–Crippen LogP) is 1.79. The summed E-state index contributed by atoms with van der Waals surface area (Å²) in [5.41, 5.74) is 0.458. The number of rotatable bonds is 3. The van der Waals surface area contributed by atoms with Crippen LogP contribution in [0.1, 0.15) is 30.1 Å². The third kappa shape index (κ3) is 2.96. The van der Waals surface area contributed by atoms with Crippen molar-refractivity contribution in [1.82, 2.24) is 5.32 Å². The van der Waals surface area contributed by atoms with Crippen LogP contribution in [-0.2, 0) is 4.79 Å². The van der Waals surface area contributed by atoms with Crippen LogP contribution in [0.2, 0.25) is 0 Å². The molecule has 2 rings (SSSR count). The summed E-state index contributed by atoms with van der Waals surface area (Å²) in [7, 11) is 0. The smallest absolute Gasteiger partial charge is 0.314 e. The highest BCUT2D eigenvalue weighted by molar-refractivity contribution is 5.97. The maximum Gasteiger partial charge on any atom is 0.314 e. The lowest BCUT2D eigenvalue weighted by molar-refractivity contribution is -0.139. The zero-order valence-electron chi connectivity index (χ0n) is 10.4. The molecule has 0 saturated carbocycles. The van der Waals surface area contributed by atoms with Crippen LogP contribution in [0.15, 0.2) is 24.3 Å². The first kappa shape index (κ1) is 12.8. The van der Waals surface area contributed by atoms with E-state index in [2.05, 4.69) is 5.32 Å². The molecule has 1 saturated heterocycles. The average molecular weight is 247 g/mol. The number of carbonyl (C=O) groups is 2. The number of esters is 1.